The van der Waals surface area contributed by atoms with E-state index in [2.05, 4.69) is 4.98 Å². The predicted molar refractivity (Wildman–Crippen MR) is 57.5 cm³/mol. The van der Waals surface area contributed by atoms with Crippen molar-refractivity contribution >= 4 is 16.7 Å². The van der Waals surface area contributed by atoms with E-state index in [1.54, 1.807) is 0 Å². The molecule has 0 radical (unpaired) electrons. The molecule has 2 rings (SSSR count). The van der Waals surface area contributed by atoms with Crippen LogP contribution in [0.25, 0.3) is 10.9 Å². The number of nitrogens with two attached hydrogens (primary N) is 1. The molecule has 0 amide bonds. The Kier molecular flexibility index (Phi) is 1.93. The van der Waals surface area contributed by atoms with E-state index < -0.39 is 0 Å². The van der Waals surface area contributed by atoms with Crippen LogP contribution in [0.15, 0.2) is 30.3 Å². The first-order valence-corrected chi connectivity index (χ1v) is 4.38. The van der Waals surface area contributed by atoms with Gasteiger partial charge in [0.05, 0.1) is 5.52 Å². The van der Waals surface area contributed by atoms with Crippen LogP contribution >= 0.6 is 0 Å². The highest BCUT2D eigenvalue weighted by Crippen LogP contribution is 2.14. The van der Waals surface area contributed by atoms with E-state index in [1.807, 2.05) is 37.3 Å². The molecule has 0 aliphatic heterocycles. The third-order valence-electron chi connectivity index (χ3n) is 2.14. The van der Waals surface area contributed by atoms with Gasteiger partial charge in [-0.2, -0.15) is 0 Å². The maximum atomic E-state index is 7.31. The largest absolute Gasteiger partial charge is 0.384 e. The Hall–Kier alpha value is -1.90. The molecule has 14 heavy (non-hydrogen) atoms. The number of aryl methyl sites for hydroxylation is 1. The van der Waals surface area contributed by atoms with E-state index in [1.165, 1.54) is 0 Å². The highest BCUT2D eigenvalue weighted by molar-refractivity contribution is 5.98. The summed E-state index contributed by atoms with van der Waals surface area (Å²) in [6, 6.07) is 9.59. The van der Waals surface area contributed by atoms with Gasteiger partial charge in [-0.25, -0.2) is 0 Å². The number of benzene rings is 1. The minimum Gasteiger partial charge on any atom is -0.384 e. The number of pyridine rings is 1. The van der Waals surface area contributed by atoms with Crippen LogP contribution in [-0.2, 0) is 0 Å². The lowest BCUT2D eigenvalue weighted by molar-refractivity contribution is 1.25. The van der Waals surface area contributed by atoms with Crippen molar-refractivity contribution in [2.75, 3.05) is 0 Å². The third kappa shape index (κ3) is 1.44. The monoisotopic (exact) mass is 185 g/mol. The summed E-state index contributed by atoms with van der Waals surface area (Å²) in [6.45, 7) is 1.94. The lowest BCUT2D eigenvalue weighted by Gasteiger charge is -2.01. The maximum absolute atomic E-state index is 7.31. The summed E-state index contributed by atoms with van der Waals surface area (Å²) in [5.41, 5.74) is 7.97. The van der Waals surface area contributed by atoms with Crippen LogP contribution in [0.4, 0.5) is 0 Å². The van der Waals surface area contributed by atoms with Gasteiger partial charge in [-0.1, -0.05) is 18.2 Å². The number of amidine groups is 1. The van der Waals surface area contributed by atoms with Gasteiger partial charge in [0.15, 0.2) is 0 Å². The summed E-state index contributed by atoms with van der Waals surface area (Å²) in [5.74, 6) is 0.0789. The molecule has 1 aromatic heterocycles. The molecule has 3 N–H and O–H groups in total. The minimum atomic E-state index is 0.0789. The molecule has 0 aliphatic rings. The second kappa shape index (κ2) is 3.10. The van der Waals surface area contributed by atoms with E-state index in [0.29, 0.717) is 0 Å². The van der Waals surface area contributed by atoms with Gasteiger partial charge >= 0.3 is 0 Å². The SMILES string of the molecule is Cc1ccc2ccc(C(=N)N)cc2n1. The number of nitrogens with zero attached hydrogens (tertiary/aromatic N) is 1. The highest BCUT2D eigenvalue weighted by atomic mass is 14.7. The van der Waals surface area contributed by atoms with E-state index in [-0.39, 0.29) is 5.84 Å². The molecular formula is C11H11N3. The molecule has 70 valence electrons. The van der Waals surface area contributed by atoms with Crippen LogP contribution in [0.1, 0.15) is 11.3 Å². The van der Waals surface area contributed by atoms with Crippen molar-refractivity contribution < 1.29 is 0 Å². The van der Waals surface area contributed by atoms with Crippen molar-refractivity contribution in [2.45, 2.75) is 6.92 Å². The topological polar surface area (TPSA) is 62.8 Å². The molecule has 0 bridgehead atoms. The maximum Gasteiger partial charge on any atom is 0.122 e. The average Bonchev–Trinajstić information content (AvgIpc) is 2.16. The Morgan fingerprint density at radius 3 is 2.71 bits per heavy atom. The normalized spacial score (nSPS) is 10.4. The number of nitrogens with one attached hydrogen (secondary N) is 1. The van der Waals surface area contributed by atoms with Crippen LogP contribution in [-0.4, -0.2) is 10.8 Å². The zero-order valence-electron chi connectivity index (χ0n) is 7.91. The van der Waals surface area contributed by atoms with Crippen LogP contribution in [0, 0.1) is 12.3 Å². The number of aromatic nitrogens is 1. The predicted octanol–water partition coefficient (Wildman–Crippen LogP) is 1.83. The molecule has 0 fully saturated rings. The molecule has 3 heteroatoms. The highest BCUT2D eigenvalue weighted by Gasteiger charge is 1.99. The van der Waals surface area contributed by atoms with Crippen LogP contribution in [0.3, 0.4) is 0 Å². The number of nitrogen functional groups attached to an aromatic ring is 1. The third-order valence-corrected chi connectivity index (χ3v) is 2.14. The molecule has 1 aromatic carbocycles. The summed E-state index contributed by atoms with van der Waals surface area (Å²) in [4.78, 5) is 4.37. The van der Waals surface area contributed by atoms with Gasteiger partial charge in [0.2, 0.25) is 0 Å². The molecule has 0 saturated heterocycles. The van der Waals surface area contributed by atoms with Crippen molar-refractivity contribution in [3.8, 4) is 0 Å². The quantitative estimate of drug-likeness (QED) is 0.526. The zero-order valence-corrected chi connectivity index (χ0v) is 7.91. The Labute approximate surface area is 82.1 Å². The summed E-state index contributed by atoms with van der Waals surface area (Å²) in [5, 5.41) is 8.38. The number of hydrogen-bond donors (Lipinski definition) is 2. The van der Waals surface area contributed by atoms with E-state index in [0.717, 1.165) is 22.2 Å². The number of fused-ring (bicyclic) bond motifs is 1. The average molecular weight is 185 g/mol. The minimum absolute atomic E-state index is 0.0789. The van der Waals surface area contributed by atoms with Crippen LogP contribution in [0.5, 0.6) is 0 Å². The Balaban J connectivity index is 2.69. The first kappa shape index (κ1) is 8.69. The van der Waals surface area contributed by atoms with Crippen molar-refractivity contribution in [3.05, 3.63) is 41.6 Å². The van der Waals surface area contributed by atoms with Crippen LogP contribution < -0.4 is 5.73 Å². The van der Waals surface area contributed by atoms with Crippen molar-refractivity contribution in [2.24, 2.45) is 5.73 Å². The second-order valence-electron chi connectivity index (χ2n) is 3.27. The summed E-state index contributed by atoms with van der Waals surface area (Å²) >= 11 is 0. The van der Waals surface area contributed by atoms with Crippen molar-refractivity contribution in [1.82, 2.24) is 4.98 Å². The standard InChI is InChI=1S/C11H11N3/c1-7-2-3-8-4-5-9(11(12)13)6-10(8)14-7/h2-6H,1H3,(H3,12,13). The Morgan fingerprint density at radius 2 is 2.00 bits per heavy atom. The van der Waals surface area contributed by atoms with E-state index >= 15 is 0 Å². The van der Waals surface area contributed by atoms with Gasteiger partial charge in [0.25, 0.3) is 0 Å². The van der Waals surface area contributed by atoms with Gasteiger partial charge < -0.3 is 5.73 Å². The summed E-state index contributed by atoms with van der Waals surface area (Å²) < 4.78 is 0. The molecule has 0 spiro atoms. The fourth-order valence-electron chi connectivity index (χ4n) is 1.39. The van der Waals surface area contributed by atoms with Gasteiger partial charge in [0, 0.05) is 16.6 Å². The van der Waals surface area contributed by atoms with Gasteiger partial charge in [-0.05, 0) is 19.1 Å². The number of hydrogen-bond acceptors (Lipinski definition) is 2. The Bertz CT molecular complexity index is 503. The molecule has 3 nitrogen and oxygen atoms in total. The van der Waals surface area contributed by atoms with Crippen molar-refractivity contribution in [1.29, 1.82) is 5.41 Å². The van der Waals surface area contributed by atoms with E-state index in [4.69, 9.17) is 11.1 Å². The smallest absolute Gasteiger partial charge is 0.122 e. The van der Waals surface area contributed by atoms with Crippen molar-refractivity contribution in [3.63, 3.8) is 0 Å². The summed E-state index contributed by atoms with van der Waals surface area (Å²) in [6.07, 6.45) is 0. The lowest BCUT2D eigenvalue weighted by Crippen LogP contribution is -2.10. The second-order valence-corrected chi connectivity index (χ2v) is 3.27. The molecule has 0 unspecified atom stereocenters. The number of rotatable bonds is 1. The molecule has 0 saturated carbocycles. The van der Waals surface area contributed by atoms with Gasteiger partial charge in [-0.3, -0.25) is 10.4 Å². The van der Waals surface area contributed by atoms with Gasteiger partial charge in [-0.15, -0.1) is 0 Å². The first-order valence-electron chi connectivity index (χ1n) is 4.38. The molecule has 0 atom stereocenters. The fraction of sp³-hybridized carbons (Fsp3) is 0.0909. The summed E-state index contributed by atoms with van der Waals surface area (Å²) in [7, 11) is 0. The first-order chi connectivity index (χ1) is 6.66. The molecule has 1 heterocycles. The fourth-order valence-corrected chi connectivity index (χ4v) is 1.39. The van der Waals surface area contributed by atoms with Crippen LogP contribution in [0.2, 0.25) is 0 Å². The zero-order chi connectivity index (χ0) is 10.1. The molecule has 2 aromatic rings. The van der Waals surface area contributed by atoms with Gasteiger partial charge in [0.1, 0.15) is 5.84 Å². The lowest BCUT2D eigenvalue weighted by atomic mass is 10.1. The molecular weight excluding hydrogens is 174 g/mol. The molecule has 0 aliphatic carbocycles. The Morgan fingerprint density at radius 1 is 1.29 bits per heavy atom. The van der Waals surface area contributed by atoms with E-state index in [9.17, 15) is 0 Å².